The van der Waals surface area contributed by atoms with Gasteiger partial charge in [0, 0.05) is 53.5 Å². The van der Waals surface area contributed by atoms with Crippen molar-refractivity contribution in [1.29, 1.82) is 5.26 Å². The number of nitrogens with one attached hydrogen (secondary N) is 3. The number of β-amino-alcohol motifs (C(OH)–C–C–N with tert-alkyl or cyclic N) is 1. The number of aliphatic hydroxyl groups is 1. The third kappa shape index (κ3) is 11.8. The molecule has 71 heavy (non-hydrogen) atoms. The van der Waals surface area contributed by atoms with E-state index in [0.29, 0.717) is 41.7 Å². The minimum atomic E-state index is -0.957. The van der Waals surface area contributed by atoms with Gasteiger partial charge in [0.25, 0.3) is 5.91 Å². The molecule has 0 unspecified atom stereocenters. The fraction of sp³-hybridized carbons (Fsp3) is 0.527. The van der Waals surface area contributed by atoms with Crippen LogP contribution in [0.15, 0.2) is 72.2 Å². The van der Waals surface area contributed by atoms with Crippen LogP contribution < -0.4 is 20.7 Å². The number of benzene rings is 3. The van der Waals surface area contributed by atoms with Crippen LogP contribution in [0.1, 0.15) is 126 Å². The number of carbonyl (C=O) groups excluding carboxylic acids is 4. The molecule has 2 aliphatic heterocycles. The molecule has 4 atom stereocenters. The lowest BCUT2D eigenvalue weighted by atomic mass is 9.49. The Morgan fingerprint density at radius 1 is 0.986 bits per heavy atom. The largest absolute Gasteiger partial charge is 0.489 e. The number of ether oxygens (including phenoxy) is 3. The molecular formula is C55H69ClN6O8S. The maximum atomic E-state index is 14.1. The molecule has 380 valence electrons. The molecule has 0 bridgehead atoms. The van der Waals surface area contributed by atoms with Crippen molar-refractivity contribution in [2.75, 3.05) is 33.0 Å². The van der Waals surface area contributed by atoms with Gasteiger partial charge in [-0.15, -0.1) is 11.3 Å². The Bertz CT molecular complexity index is 2580. The quantitative estimate of drug-likeness (QED) is 0.0663. The number of amides is 4. The van der Waals surface area contributed by atoms with Crippen LogP contribution in [0.5, 0.6) is 5.75 Å². The van der Waals surface area contributed by atoms with E-state index in [0.717, 1.165) is 52.9 Å². The Labute approximate surface area is 427 Å². The Balaban J connectivity index is 0.837. The average molecular weight is 1010 g/mol. The van der Waals surface area contributed by atoms with Crippen LogP contribution in [0, 0.1) is 34.5 Å². The lowest BCUT2D eigenvalue weighted by Crippen LogP contribution is -2.74. The summed E-state index contributed by atoms with van der Waals surface area (Å²) in [7, 11) is 0. The van der Waals surface area contributed by atoms with Gasteiger partial charge in [0.05, 0.1) is 52.0 Å². The summed E-state index contributed by atoms with van der Waals surface area (Å²) >= 11 is 7.84. The number of aryl methyl sites for hydroxylation is 1. The van der Waals surface area contributed by atoms with Crippen molar-refractivity contribution in [3.05, 3.63) is 105 Å². The number of nitrogens with zero attached hydrogens (tertiary/aromatic N) is 3. The molecule has 1 saturated carbocycles. The van der Waals surface area contributed by atoms with Crippen molar-refractivity contribution < 1.29 is 38.5 Å². The second kappa shape index (κ2) is 21.8. The van der Waals surface area contributed by atoms with Crippen molar-refractivity contribution in [3.8, 4) is 22.3 Å². The molecule has 1 aliphatic carbocycles. The second-order valence-corrected chi connectivity index (χ2v) is 23.2. The molecule has 4 aromatic rings. The number of carbonyl (C=O) groups is 4. The van der Waals surface area contributed by atoms with E-state index in [1.165, 1.54) is 4.90 Å². The van der Waals surface area contributed by atoms with Crippen LogP contribution in [0.3, 0.4) is 0 Å². The van der Waals surface area contributed by atoms with Crippen LogP contribution in [0.25, 0.3) is 10.4 Å². The molecule has 2 saturated heterocycles. The van der Waals surface area contributed by atoms with Gasteiger partial charge in [0.2, 0.25) is 17.7 Å². The standard InChI is InChI=1S/C55H69ClN6O8S/c1-33(35-13-15-36(16-14-35)45-34(2)58-32-71-45)59-48(66)43-25-40(63)28-62(43)49(67)46(52(3,4)5)60-44(64)29-68-24-12-10-11-23-55(30-69-31-55)39-20-17-37(18-21-39)47(65)61-50-53(6,7)51(54(50,8)9)70-41-22-19-38(27-57)42(56)26-41/h13-22,26,32-33,40,43,46,50-51,63H,10-12,23-25,28-31H2,1-9H3,(H,59,66)(H,60,64)(H,61,65)/t33-,40+,43-,46+,50-,51-/m0/s1. The van der Waals surface area contributed by atoms with E-state index < -0.39 is 35.4 Å². The van der Waals surface area contributed by atoms with Gasteiger partial charge in [0.1, 0.15) is 36.6 Å². The van der Waals surface area contributed by atoms with Gasteiger partial charge in [0.15, 0.2) is 0 Å². The van der Waals surface area contributed by atoms with Gasteiger partial charge in [-0.05, 0) is 73.1 Å². The summed E-state index contributed by atoms with van der Waals surface area (Å²) in [4.78, 5) is 61.5. The number of halogens is 1. The minimum Gasteiger partial charge on any atom is -0.489 e. The summed E-state index contributed by atoms with van der Waals surface area (Å²) in [5.74, 6) is -0.800. The number of unbranched alkanes of at least 4 members (excludes halogenated alkanes) is 2. The summed E-state index contributed by atoms with van der Waals surface area (Å²) in [6, 6.07) is 20.5. The third-order valence-electron chi connectivity index (χ3n) is 14.7. The molecular weight excluding hydrogens is 940 g/mol. The zero-order chi connectivity index (χ0) is 51.5. The molecule has 4 N–H and O–H groups in total. The summed E-state index contributed by atoms with van der Waals surface area (Å²) < 4.78 is 17.9. The zero-order valence-electron chi connectivity index (χ0n) is 42.4. The van der Waals surface area contributed by atoms with Crippen molar-refractivity contribution in [1.82, 2.24) is 25.8 Å². The van der Waals surface area contributed by atoms with E-state index in [-0.39, 0.29) is 65.8 Å². The maximum Gasteiger partial charge on any atom is 0.251 e. The van der Waals surface area contributed by atoms with Crippen molar-refractivity contribution >= 4 is 46.6 Å². The summed E-state index contributed by atoms with van der Waals surface area (Å²) in [5.41, 5.74) is 5.21. The molecule has 7 rings (SSSR count). The Morgan fingerprint density at radius 2 is 1.68 bits per heavy atom. The number of hydrogen-bond donors (Lipinski definition) is 4. The number of thiazole rings is 1. The van der Waals surface area contributed by atoms with E-state index in [1.54, 1.807) is 29.5 Å². The predicted molar refractivity (Wildman–Crippen MR) is 274 cm³/mol. The van der Waals surface area contributed by atoms with Gasteiger partial charge in [-0.2, -0.15) is 5.26 Å². The monoisotopic (exact) mass is 1010 g/mol. The highest BCUT2D eigenvalue weighted by molar-refractivity contribution is 7.13. The van der Waals surface area contributed by atoms with E-state index >= 15 is 0 Å². The first kappa shape index (κ1) is 53.4. The van der Waals surface area contributed by atoms with Crippen LogP contribution >= 0.6 is 22.9 Å². The molecule has 3 aliphatic rings. The molecule has 16 heteroatoms. The Kier molecular flexibility index (Phi) is 16.4. The van der Waals surface area contributed by atoms with Gasteiger partial charge in [-0.25, -0.2) is 4.98 Å². The minimum absolute atomic E-state index is 0.0149. The molecule has 14 nitrogen and oxygen atoms in total. The first-order chi connectivity index (χ1) is 33.5. The maximum absolute atomic E-state index is 14.1. The van der Waals surface area contributed by atoms with E-state index in [4.69, 9.17) is 25.8 Å². The number of rotatable bonds is 19. The van der Waals surface area contributed by atoms with Gasteiger partial charge in [-0.3, -0.25) is 19.2 Å². The van der Waals surface area contributed by atoms with Crippen molar-refractivity contribution in [2.45, 2.75) is 136 Å². The van der Waals surface area contributed by atoms with Crippen molar-refractivity contribution in [3.63, 3.8) is 0 Å². The molecule has 3 fully saturated rings. The first-order valence-electron chi connectivity index (χ1n) is 24.6. The molecule has 4 amide bonds. The fourth-order valence-corrected chi connectivity index (χ4v) is 11.8. The molecule has 0 spiro atoms. The van der Waals surface area contributed by atoms with Gasteiger partial charge >= 0.3 is 0 Å². The number of aromatic nitrogens is 1. The molecule has 1 aromatic heterocycles. The highest BCUT2D eigenvalue weighted by atomic mass is 35.5. The van der Waals surface area contributed by atoms with Crippen LogP contribution in [-0.4, -0.2) is 102 Å². The fourth-order valence-electron chi connectivity index (χ4n) is 10.8. The Morgan fingerprint density at radius 3 is 2.27 bits per heavy atom. The van der Waals surface area contributed by atoms with Gasteiger partial charge in [-0.1, -0.05) is 109 Å². The number of likely N-dealkylation sites (tertiary alicyclic amines) is 1. The summed E-state index contributed by atoms with van der Waals surface area (Å²) in [6.07, 6.45) is 2.44. The molecule has 0 radical (unpaired) electrons. The first-order valence-corrected chi connectivity index (χ1v) is 25.8. The molecule has 3 aromatic carbocycles. The Hall–Kier alpha value is -5.37. The number of aliphatic hydroxyl groups excluding tert-OH is 1. The molecule has 3 heterocycles. The number of nitriles is 1. The smallest absolute Gasteiger partial charge is 0.251 e. The van der Waals surface area contributed by atoms with E-state index in [1.807, 2.05) is 88.7 Å². The van der Waals surface area contributed by atoms with Crippen LogP contribution in [0.4, 0.5) is 0 Å². The van der Waals surface area contributed by atoms with E-state index in [9.17, 15) is 29.5 Å². The van der Waals surface area contributed by atoms with E-state index in [2.05, 4.69) is 54.7 Å². The summed E-state index contributed by atoms with van der Waals surface area (Å²) in [5, 5.41) is 29.4. The SMILES string of the molecule is Cc1ncsc1-c1ccc([C@H](C)NC(=O)[C@@H]2C[C@@H](O)CN2C(=O)[C@@H](NC(=O)COCCCCCC2(c3ccc(C(=O)N[C@H]4C(C)(C)[C@H](Oc5ccc(C#N)c(Cl)c5)C4(C)C)cc3)COC2)C(C)(C)C)cc1. The highest BCUT2D eigenvalue weighted by Crippen LogP contribution is 2.55. The van der Waals surface area contributed by atoms with Gasteiger partial charge < -0.3 is 40.2 Å². The van der Waals surface area contributed by atoms with Crippen LogP contribution in [-0.2, 0) is 29.3 Å². The third-order valence-corrected chi connectivity index (χ3v) is 16.0. The predicted octanol–water partition coefficient (Wildman–Crippen LogP) is 8.47. The average Bonchev–Trinajstić information content (AvgIpc) is 3.93. The second-order valence-electron chi connectivity index (χ2n) is 21.9. The topological polar surface area (TPSA) is 192 Å². The lowest BCUT2D eigenvalue weighted by molar-refractivity contribution is -0.164. The number of hydrogen-bond acceptors (Lipinski definition) is 11. The zero-order valence-corrected chi connectivity index (χ0v) is 44.0. The lowest BCUT2D eigenvalue weighted by Gasteiger charge is -2.63. The summed E-state index contributed by atoms with van der Waals surface area (Å²) in [6.45, 7) is 19.1. The normalized spacial score (nSPS) is 21.7. The highest BCUT2D eigenvalue weighted by Gasteiger charge is 2.64. The van der Waals surface area contributed by atoms with Crippen LogP contribution in [0.2, 0.25) is 5.02 Å². The van der Waals surface area contributed by atoms with Crippen molar-refractivity contribution in [2.24, 2.45) is 16.2 Å².